The lowest BCUT2D eigenvalue weighted by Crippen LogP contribution is -2.42. The van der Waals surface area contributed by atoms with Crippen LogP contribution < -0.4 is 10.2 Å². The van der Waals surface area contributed by atoms with Crippen molar-refractivity contribution in [1.29, 1.82) is 0 Å². The Morgan fingerprint density at radius 1 is 1.09 bits per heavy atom. The van der Waals surface area contributed by atoms with Crippen molar-refractivity contribution in [2.45, 2.75) is 49.8 Å². The van der Waals surface area contributed by atoms with Crippen LogP contribution in [-0.4, -0.2) is 56.1 Å². The predicted octanol–water partition coefficient (Wildman–Crippen LogP) is 3.00. The molecule has 0 aliphatic carbocycles. The largest absolute Gasteiger partial charge is 0.355 e. The molecule has 0 atom stereocenters. The van der Waals surface area contributed by atoms with Crippen LogP contribution in [0, 0.1) is 0 Å². The zero-order chi connectivity index (χ0) is 24.1. The van der Waals surface area contributed by atoms with Gasteiger partial charge in [0.2, 0.25) is 11.8 Å². The first-order valence-electron chi connectivity index (χ1n) is 11.3. The number of fused-ring (bicyclic) bond motifs is 1. The molecule has 7 nitrogen and oxygen atoms in total. The summed E-state index contributed by atoms with van der Waals surface area (Å²) in [4.78, 5) is 29.3. The van der Waals surface area contributed by atoms with E-state index >= 15 is 0 Å². The fourth-order valence-electron chi connectivity index (χ4n) is 3.99. The number of hydrogen-bond acceptors (Lipinski definition) is 5. The lowest BCUT2D eigenvalue weighted by molar-refractivity contribution is -0.124. The Balaban J connectivity index is 1.59. The molecular weight excluding hydrogens is 438 g/mol. The highest BCUT2D eigenvalue weighted by atomic mass is 32.2. The van der Waals surface area contributed by atoms with Crippen molar-refractivity contribution in [2.24, 2.45) is 0 Å². The molecule has 8 heteroatoms. The van der Waals surface area contributed by atoms with Crippen LogP contribution in [0.25, 0.3) is 0 Å². The third-order valence-electron chi connectivity index (χ3n) is 6.02. The van der Waals surface area contributed by atoms with Crippen molar-refractivity contribution in [3.63, 3.8) is 0 Å². The number of para-hydroxylation sites is 1. The molecule has 1 heterocycles. The Morgan fingerprint density at radius 3 is 2.45 bits per heavy atom. The summed E-state index contributed by atoms with van der Waals surface area (Å²) in [5.41, 5.74) is 1.52. The zero-order valence-electron chi connectivity index (χ0n) is 19.6. The number of nitrogens with zero attached hydrogens (tertiary/aromatic N) is 2. The Kier molecular flexibility index (Phi) is 7.92. The second-order valence-corrected chi connectivity index (χ2v) is 11.5. The van der Waals surface area contributed by atoms with E-state index < -0.39 is 14.6 Å². The number of anilines is 1. The minimum absolute atomic E-state index is 0.0909. The number of nitrogens with one attached hydrogen (secondary N) is 1. The number of amides is 2. The molecule has 2 amide bonds. The van der Waals surface area contributed by atoms with Crippen LogP contribution in [-0.2, 0) is 26.0 Å². The molecule has 33 heavy (non-hydrogen) atoms. The first-order valence-corrected chi connectivity index (χ1v) is 12.8. The van der Waals surface area contributed by atoms with Crippen LogP contribution in [0.3, 0.4) is 0 Å². The normalized spacial score (nSPS) is 16.8. The topological polar surface area (TPSA) is 86.8 Å². The molecule has 178 valence electrons. The summed E-state index contributed by atoms with van der Waals surface area (Å²) >= 11 is 0. The number of sulfone groups is 1. The van der Waals surface area contributed by atoms with Crippen LogP contribution in [0.2, 0.25) is 0 Å². The Morgan fingerprint density at radius 2 is 1.76 bits per heavy atom. The molecule has 0 bridgehead atoms. The minimum atomic E-state index is -3.72. The molecule has 0 fully saturated rings. The number of carbonyl (C=O) groups is 2. The summed E-state index contributed by atoms with van der Waals surface area (Å²) in [5.74, 6) is -0.676. The van der Waals surface area contributed by atoms with Crippen molar-refractivity contribution in [3.8, 4) is 0 Å². The standard InChI is InChI=1S/C25H33N3O4S/c1-4-27(18-20-11-6-5-7-12-20)16-10-15-26-23(29)19-28-21-13-8-9-14-22(21)33(31,32)25(2,3)17-24(28)30/h5-9,11-14H,4,10,15-19H2,1-3H3,(H,26,29). The van der Waals surface area contributed by atoms with Gasteiger partial charge in [0, 0.05) is 26.1 Å². The molecule has 0 spiro atoms. The van der Waals surface area contributed by atoms with Gasteiger partial charge in [-0.15, -0.1) is 0 Å². The molecule has 0 saturated carbocycles. The van der Waals surface area contributed by atoms with Crippen LogP contribution in [0.4, 0.5) is 5.69 Å². The van der Waals surface area contributed by atoms with Crippen LogP contribution in [0.5, 0.6) is 0 Å². The number of carbonyl (C=O) groups excluding carboxylic acids is 2. The first kappa shape index (κ1) is 24.9. The molecule has 2 aromatic carbocycles. The van der Waals surface area contributed by atoms with Crippen molar-refractivity contribution in [2.75, 3.05) is 31.1 Å². The van der Waals surface area contributed by atoms with E-state index in [-0.39, 0.29) is 35.4 Å². The average Bonchev–Trinajstić information content (AvgIpc) is 2.84. The van der Waals surface area contributed by atoms with Crippen LogP contribution in [0.1, 0.15) is 39.2 Å². The van der Waals surface area contributed by atoms with Gasteiger partial charge in [-0.1, -0.05) is 49.4 Å². The Labute approximate surface area is 196 Å². The molecule has 0 radical (unpaired) electrons. The molecule has 3 rings (SSSR count). The second-order valence-electron chi connectivity index (χ2n) is 8.95. The highest BCUT2D eigenvalue weighted by Crippen LogP contribution is 2.38. The lowest BCUT2D eigenvalue weighted by Gasteiger charge is -2.23. The molecule has 1 N–H and O–H groups in total. The second kappa shape index (κ2) is 10.5. The molecule has 1 aliphatic rings. The van der Waals surface area contributed by atoms with E-state index in [4.69, 9.17) is 0 Å². The lowest BCUT2D eigenvalue weighted by atomic mass is 10.1. The zero-order valence-corrected chi connectivity index (χ0v) is 20.4. The van der Waals surface area contributed by atoms with Gasteiger partial charge in [-0.3, -0.25) is 14.5 Å². The van der Waals surface area contributed by atoms with Gasteiger partial charge in [-0.2, -0.15) is 0 Å². The van der Waals surface area contributed by atoms with Crippen LogP contribution in [0.15, 0.2) is 59.5 Å². The highest BCUT2D eigenvalue weighted by Gasteiger charge is 2.44. The third kappa shape index (κ3) is 5.81. The highest BCUT2D eigenvalue weighted by molar-refractivity contribution is 7.93. The fraction of sp³-hybridized carbons (Fsp3) is 0.440. The van der Waals surface area contributed by atoms with Crippen LogP contribution >= 0.6 is 0 Å². The van der Waals surface area contributed by atoms with Gasteiger partial charge in [0.25, 0.3) is 0 Å². The molecule has 0 unspecified atom stereocenters. The van der Waals surface area contributed by atoms with E-state index in [0.717, 1.165) is 26.1 Å². The summed E-state index contributed by atoms with van der Waals surface area (Å²) < 4.78 is 24.9. The average molecular weight is 472 g/mol. The van der Waals surface area contributed by atoms with Crippen molar-refractivity contribution < 1.29 is 18.0 Å². The summed E-state index contributed by atoms with van der Waals surface area (Å²) in [6, 6.07) is 16.6. The monoisotopic (exact) mass is 471 g/mol. The maximum Gasteiger partial charge on any atom is 0.240 e. The van der Waals surface area contributed by atoms with Gasteiger partial charge in [-0.25, -0.2) is 8.42 Å². The van der Waals surface area contributed by atoms with Crippen molar-refractivity contribution in [1.82, 2.24) is 10.2 Å². The van der Waals surface area contributed by atoms with Gasteiger partial charge >= 0.3 is 0 Å². The Hall–Kier alpha value is -2.71. The summed E-state index contributed by atoms with van der Waals surface area (Å²) in [6.45, 7) is 8.09. The van der Waals surface area contributed by atoms with Gasteiger partial charge in [-0.05, 0) is 44.5 Å². The fourth-order valence-corrected chi connectivity index (χ4v) is 5.61. The van der Waals surface area contributed by atoms with E-state index in [1.807, 2.05) is 18.2 Å². The van der Waals surface area contributed by atoms with Gasteiger partial charge in [0.15, 0.2) is 9.84 Å². The van der Waals surface area contributed by atoms with Crippen molar-refractivity contribution in [3.05, 3.63) is 60.2 Å². The van der Waals surface area contributed by atoms with E-state index in [0.29, 0.717) is 6.54 Å². The predicted molar refractivity (Wildman–Crippen MR) is 130 cm³/mol. The number of benzene rings is 2. The van der Waals surface area contributed by atoms with Gasteiger partial charge in [0.05, 0.1) is 15.3 Å². The first-order chi connectivity index (χ1) is 15.7. The number of hydrogen-bond donors (Lipinski definition) is 1. The maximum absolute atomic E-state index is 13.1. The minimum Gasteiger partial charge on any atom is -0.355 e. The molecule has 2 aromatic rings. The van der Waals surface area contributed by atoms with Gasteiger partial charge < -0.3 is 10.2 Å². The SMILES string of the molecule is CCN(CCCNC(=O)CN1C(=O)CC(C)(C)S(=O)(=O)c2ccccc21)Cc1ccccc1. The smallest absolute Gasteiger partial charge is 0.240 e. The van der Waals surface area contributed by atoms with E-state index in [9.17, 15) is 18.0 Å². The summed E-state index contributed by atoms with van der Waals surface area (Å²) in [6.07, 6.45) is 0.598. The molecule has 0 saturated heterocycles. The molecule has 1 aliphatic heterocycles. The molecular formula is C25H33N3O4S. The summed E-state index contributed by atoms with van der Waals surface area (Å²) in [7, 11) is -3.72. The van der Waals surface area contributed by atoms with E-state index in [1.54, 1.807) is 32.0 Å². The summed E-state index contributed by atoms with van der Waals surface area (Å²) in [5, 5.41) is 2.88. The number of rotatable bonds is 9. The van der Waals surface area contributed by atoms with Crippen molar-refractivity contribution >= 4 is 27.3 Å². The maximum atomic E-state index is 13.1. The van der Waals surface area contributed by atoms with E-state index in [1.165, 1.54) is 16.5 Å². The third-order valence-corrected chi connectivity index (χ3v) is 8.55. The Bertz CT molecular complexity index is 1080. The van der Waals surface area contributed by atoms with Gasteiger partial charge in [0.1, 0.15) is 6.54 Å². The quantitative estimate of drug-likeness (QED) is 0.568. The molecule has 0 aromatic heterocycles. The van der Waals surface area contributed by atoms with E-state index in [2.05, 4.69) is 29.3 Å².